The summed E-state index contributed by atoms with van der Waals surface area (Å²) in [5.74, 6) is 0.776. The van der Waals surface area contributed by atoms with E-state index < -0.39 is 0 Å². The van der Waals surface area contributed by atoms with Crippen molar-refractivity contribution < 1.29 is 4.74 Å². The summed E-state index contributed by atoms with van der Waals surface area (Å²) in [6, 6.07) is 17.1. The van der Waals surface area contributed by atoms with Crippen LogP contribution in [-0.2, 0) is 0 Å². The van der Waals surface area contributed by atoms with Crippen LogP contribution in [0.2, 0.25) is 5.15 Å². The van der Waals surface area contributed by atoms with Gasteiger partial charge in [0.25, 0.3) is 0 Å². The maximum absolute atomic E-state index is 6.46. The number of benzene rings is 2. The molecule has 0 aliphatic carbocycles. The van der Waals surface area contributed by atoms with Gasteiger partial charge in [0.1, 0.15) is 10.9 Å². The first-order chi connectivity index (χ1) is 13.1. The van der Waals surface area contributed by atoms with Crippen LogP contribution >= 0.6 is 23.8 Å². The third-order valence-corrected chi connectivity index (χ3v) is 4.31. The van der Waals surface area contributed by atoms with Gasteiger partial charge >= 0.3 is 0 Å². The monoisotopic (exact) mass is 399 g/mol. The Bertz CT molecular complexity index is 954. The summed E-state index contributed by atoms with van der Waals surface area (Å²) in [5.41, 5.74) is 5.98. The molecule has 0 unspecified atom stereocenters. The Kier molecular flexibility index (Phi) is 6.05. The van der Waals surface area contributed by atoms with Crippen molar-refractivity contribution in [2.45, 2.75) is 6.92 Å². The molecule has 0 saturated heterocycles. The molecule has 3 aromatic rings. The highest BCUT2D eigenvalue weighted by molar-refractivity contribution is 7.80. The van der Waals surface area contributed by atoms with Crippen molar-refractivity contribution in [2.24, 2.45) is 5.10 Å². The molecule has 0 radical (unpaired) electrons. The summed E-state index contributed by atoms with van der Waals surface area (Å²) in [4.78, 5) is 0. The fraction of sp³-hybridized carbons (Fsp3) is 0.105. The van der Waals surface area contributed by atoms with E-state index in [2.05, 4.69) is 20.9 Å². The van der Waals surface area contributed by atoms with Gasteiger partial charge in [0.15, 0.2) is 5.11 Å². The predicted molar refractivity (Wildman–Crippen MR) is 113 cm³/mol. The number of hydrazone groups is 1. The fourth-order valence-corrected chi connectivity index (χ4v) is 2.88. The second kappa shape index (κ2) is 8.66. The SMILES string of the molecule is COc1ccc(NC(=S)N/N=C\c2c(C)nn(-c3ccccc3)c2Cl)cc1. The van der Waals surface area contributed by atoms with Gasteiger partial charge in [0.05, 0.1) is 30.3 Å². The Labute approximate surface area is 167 Å². The first kappa shape index (κ1) is 18.9. The Morgan fingerprint density at radius 1 is 1.19 bits per heavy atom. The fourth-order valence-electron chi connectivity index (χ4n) is 2.39. The van der Waals surface area contributed by atoms with Gasteiger partial charge in [-0.3, -0.25) is 5.43 Å². The van der Waals surface area contributed by atoms with Crippen LogP contribution in [0.4, 0.5) is 5.69 Å². The van der Waals surface area contributed by atoms with Crippen LogP contribution in [0.25, 0.3) is 5.69 Å². The van der Waals surface area contributed by atoms with E-state index in [9.17, 15) is 0 Å². The van der Waals surface area contributed by atoms with Gasteiger partial charge in [0.2, 0.25) is 0 Å². The van der Waals surface area contributed by atoms with E-state index in [0.717, 1.165) is 28.4 Å². The summed E-state index contributed by atoms with van der Waals surface area (Å²) in [7, 11) is 1.62. The van der Waals surface area contributed by atoms with Crippen molar-refractivity contribution in [1.29, 1.82) is 0 Å². The lowest BCUT2D eigenvalue weighted by Gasteiger charge is -2.07. The lowest BCUT2D eigenvalue weighted by molar-refractivity contribution is 0.415. The number of nitrogens with zero attached hydrogens (tertiary/aromatic N) is 3. The molecular formula is C19H18ClN5OS. The van der Waals surface area contributed by atoms with Crippen LogP contribution in [0, 0.1) is 6.92 Å². The maximum Gasteiger partial charge on any atom is 0.191 e. The van der Waals surface area contributed by atoms with Gasteiger partial charge in [0, 0.05) is 5.69 Å². The summed E-state index contributed by atoms with van der Waals surface area (Å²) < 4.78 is 6.80. The normalized spacial score (nSPS) is 10.8. The lowest BCUT2D eigenvalue weighted by Crippen LogP contribution is -2.23. The molecular weight excluding hydrogens is 382 g/mol. The first-order valence-electron chi connectivity index (χ1n) is 8.13. The number of thiocarbonyl (C=S) groups is 1. The minimum Gasteiger partial charge on any atom is -0.497 e. The van der Waals surface area contributed by atoms with E-state index in [1.54, 1.807) is 18.0 Å². The number of anilines is 1. The van der Waals surface area contributed by atoms with Crippen molar-refractivity contribution in [3.05, 3.63) is 71.0 Å². The largest absolute Gasteiger partial charge is 0.497 e. The number of aryl methyl sites for hydroxylation is 1. The van der Waals surface area contributed by atoms with Gasteiger partial charge in [-0.1, -0.05) is 29.8 Å². The molecule has 2 aromatic carbocycles. The Morgan fingerprint density at radius 2 is 1.89 bits per heavy atom. The van der Waals surface area contributed by atoms with E-state index in [4.69, 9.17) is 28.6 Å². The van der Waals surface area contributed by atoms with Gasteiger partial charge in [-0.25, -0.2) is 4.68 Å². The lowest BCUT2D eigenvalue weighted by atomic mass is 10.3. The van der Waals surface area contributed by atoms with E-state index in [1.807, 2.05) is 61.5 Å². The number of rotatable bonds is 5. The maximum atomic E-state index is 6.46. The molecule has 138 valence electrons. The van der Waals surface area contributed by atoms with E-state index in [1.165, 1.54) is 0 Å². The molecule has 8 heteroatoms. The zero-order valence-electron chi connectivity index (χ0n) is 14.8. The standard InChI is InChI=1S/C19H18ClN5OS/c1-13-17(18(20)25(24-13)15-6-4-3-5-7-15)12-21-23-19(27)22-14-8-10-16(26-2)11-9-14/h3-12H,1-2H3,(H2,22,23,27)/b21-12-. The molecule has 0 atom stereocenters. The number of nitrogens with one attached hydrogen (secondary N) is 2. The van der Waals surface area contributed by atoms with Crippen molar-refractivity contribution in [2.75, 3.05) is 12.4 Å². The Morgan fingerprint density at radius 3 is 2.56 bits per heavy atom. The molecule has 0 bridgehead atoms. The Balaban J connectivity index is 1.65. The Hall–Kier alpha value is -2.90. The number of hydrogen-bond acceptors (Lipinski definition) is 4. The van der Waals surface area contributed by atoms with Crippen molar-refractivity contribution in [3.8, 4) is 11.4 Å². The van der Waals surface area contributed by atoms with Crippen LogP contribution in [0.3, 0.4) is 0 Å². The molecule has 1 heterocycles. The minimum absolute atomic E-state index is 0.362. The first-order valence-corrected chi connectivity index (χ1v) is 8.92. The molecule has 0 amide bonds. The molecule has 0 aliphatic rings. The number of para-hydroxylation sites is 1. The molecule has 2 N–H and O–H groups in total. The molecule has 6 nitrogen and oxygen atoms in total. The van der Waals surface area contributed by atoms with Crippen LogP contribution in [-0.4, -0.2) is 28.2 Å². The molecule has 0 fully saturated rings. The third kappa shape index (κ3) is 4.64. The molecule has 0 spiro atoms. The number of methoxy groups -OCH3 is 1. The molecule has 0 aliphatic heterocycles. The van der Waals surface area contributed by atoms with Gasteiger partial charge in [-0.15, -0.1) is 0 Å². The van der Waals surface area contributed by atoms with Crippen LogP contribution < -0.4 is 15.5 Å². The smallest absolute Gasteiger partial charge is 0.191 e. The average molecular weight is 400 g/mol. The summed E-state index contributed by atoms with van der Waals surface area (Å²) >= 11 is 11.7. The van der Waals surface area contributed by atoms with E-state index in [-0.39, 0.29) is 0 Å². The second-order valence-electron chi connectivity index (χ2n) is 5.59. The summed E-state index contributed by atoms with van der Waals surface area (Å²) in [6.07, 6.45) is 1.60. The minimum atomic E-state index is 0.362. The van der Waals surface area contributed by atoms with Crippen LogP contribution in [0.15, 0.2) is 59.7 Å². The molecule has 3 rings (SSSR count). The van der Waals surface area contributed by atoms with Gasteiger partial charge in [-0.05, 0) is 55.5 Å². The van der Waals surface area contributed by atoms with Crippen molar-refractivity contribution >= 4 is 40.8 Å². The number of halogens is 1. The predicted octanol–water partition coefficient (Wildman–Crippen LogP) is 4.16. The third-order valence-electron chi connectivity index (χ3n) is 3.76. The summed E-state index contributed by atoms with van der Waals surface area (Å²) in [6.45, 7) is 1.88. The molecule has 1 aromatic heterocycles. The molecule has 0 saturated carbocycles. The highest BCUT2D eigenvalue weighted by Gasteiger charge is 2.12. The zero-order chi connectivity index (χ0) is 19.2. The highest BCUT2D eigenvalue weighted by Crippen LogP contribution is 2.21. The van der Waals surface area contributed by atoms with Crippen molar-refractivity contribution in [3.63, 3.8) is 0 Å². The van der Waals surface area contributed by atoms with E-state index in [0.29, 0.717) is 10.3 Å². The van der Waals surface area contributed by atoms with E-state index >= 15 is 0 Å². The van der Waals surface area contributed by atoms with Crippen LogP contribution in [0.1, 0.15) is 11.3 Å². The zero-order valence-corrected chi connectivity index (χ0v) is 16.4. The topological polar surface area (TPSA) is 63.5 Å². The quantitative estimate of drug-likeness (QED) is 0.383. The van der Waals surface area contributed by atoms with Crippen molar-refractivity contribution in [1.82, 2.24) is 15.2 Å². The number of ether oxygens (including phenoxy) is 1. The average Bonchev–Trinajstić information content (AvgIpc) is 2.97. The molecule has 27 heavy (non-hydrogen) atoms. The second-order valence-corrected chi connectivity index (χ2v) is 6.36. The number of hydrogen-bond donors (Lipinski definition) is 2. The van der Waals surface area contributed by atoms with Gasteiger partial charge in [-0.2, -0.15) is 10.2 Å². The van der Waals surface area contributed by atoms with Gasteiger partial charge < -0.3 is 10.1 Å². The summed E-state index contributed by atoms with van der Waals surface area (Å²) in [5, 5.41) is 12.5. The number of aromatic nitrogens is 2. The van der Waals surface area contributed by atoms with Crippen LogP contribution in [0.5, 0.6) is 5.75 Å². The highest BCUT2D eigenvalue weighted by atomic mass is 35.5.